The lowest BCUT2D eigenvalue weighted by molar-refractivity contribution is 0.475. The van der Waals surface area contributed by atoms with Crippen molar-refractivity contribution in [1.82, 2.24) is 0 Å². The first kappa shape index (κ1) is 12.2. The molecule has 0 aliphatic carbocycles. The topological polar surface area (TPSA) is 20.2 Å². The molecule has 0 saturated heterocycles. The largest absolute Gasteiger partial charge is 0.508 e. The maximum atomic E-state index is 9.30. The van der Waals surface area contributed by atoms with Gasteiger partial charge in [0.15, 0.2) is 0 Å². The Balaban J connectivity index is 2.50. The second-order valence-corrected chi connectivity index (χ2v) is 4.18. The van der Waals surface area contributed by atoms with Crippen LogP contribution in [-0.2, 0) is 0 Å². The number of benzene rings is 1. The summed E-state index contributed by atoms with van der Waals surface area (Å²) in [6, 6.07) is 23.6. The Hall–Kier alpha value is -2.28. The molecule has 0 atom stereocenters. The minimum atomic E-state index is 0.289. The van der Waals surface area contributed by atoms with E-state index in [2.05, 4.69) is 31.2 Å². The van der Waals surface area contributed by atoms with Crippen LogP contribution in [0.4, 0.5) is 0 Å². The van der Waals surface area contributed by atoms with Crippen molar-refractivity contribution in [2.75, 3.05) is 0 Å². The summed E-state index contributed by atoms with van der Waals surface area (Å²) in [6.07, 6.45) is 0. The van der Waals surface area contributed by atoms with Crippen molar-refractivity contribution in [1.29, 1.82) is 0 Å². The van der Waals surface area contributed by atoms with Gasteiger partial charge in [-0.05, 0) is 30.2 Å². The summed E-state index contributed by atoms with van der Waals surface area (Å²) in [5, 5.41) is 9.30. The number of aromatic hydroxyl groups is 1. The molecule has 2 aromatic rings. The third-order valence-electron chi connectivity index (χ3n) is 2.69. The van der Waals surface area contributed by atoms with E-state index >= 15 is 0 Å². The van der Waals surface area contributed by atoms with E-state index in [9.17, 15) is 5.11 Å². The maximum absolute atomic E-state index is 9.30. The lowest BCUT2D eigenvalue weighted by atomic mass is 10.1. The van der Waals surface area contributed by atoms with E-state index in [1.807, 2.05) is 36.4 Å². The molecular weight excluding hydrogens is 220 g/mol. The van der Waals surface area contributed by atoms with E-state index in [1.165, 1.54) is 5.56 Å². The molecule has 0 aromatic heterocycles. The molecule has 2 aromatic carbocycles. The van der Waals surface area contributed by atoms with Crippen LogP contribution in [-0.4, -0.2) is 5.11 Å². The third kappa shape index (κ3) is 3.36. The number of aryl methyl sites for hydroxylation is 1. The Labute approximate surface area is 108 Å². The van der Waals surface area contributed by atoms with Gasteiger partial charge in [0.25, 0.3) is 0 Å². The normalized spacial score (nSPS) is 9.61. The van der Waals surface area contributed by atoms with Gasteiger partial charge in [-0.3, -0.25) is 0 Å². The van der Waals surface area contributed by atoms with Crippen LogP contribution in [0, 0.1) is 6.92 Å². The molecule has 0 amide bonds. The molecule has 1 N–H and O–H groups in total. The van der Waals surface area contributed by atoms with Crippen LogP contribution in [0.5, 0.6) is 5.75 Å². The molecule has 0 saturated carbocycles. The standard InChI is InChI=1S/C17H16O/c1-14-6-3-2-4-8-15(9-5-7-14)16-10-12-17(18)13-11-16/h2-13,18H,1H3. The van der Waals surface area contributed by atoms with Crippen molar-refractivity contribution in [2.24, 2.45) is 0 Å². The van der Waals surface area contributed by atoms with Crippen LogP contribution in [0.15, 0.2) is 72.8 Å². The van der Waals surface area contributed by atoms with Crippen LogP contribution in [0.2, 0.25) is 0 Å². The highest BCUT2D eigenvalue weighted by Crippen LogP contribution is 2.20. The van der Waals surface area contributed by atoms with Gasteiger partial charge >= 0.3 is 0 Å². The van der Waals surface area contributed by atoms with Crippen molar-refractivity contribution in [3.05, 3.63) is 78.4 Å². The summed E-state index contributed by atoms with van der Waals surface area (Å²) < 4.78 is 0. The molecule has 1 nitrogen and oxygen atoms in total. The van der Waals surface area contributed by atoms with E-state index < -0.39 is 0 Å². The average Bonchev–Trinajstić information content (AvgIpc) is 2.38. The van der Waals surface area contributed by atoms with Gasteiger partial charge in [-0.15, -0.1) is 0 Å². The maximum Gasteiger partial charge on any atom is 0.115 e. The van der Waals surface area contributed by atoms with Crippen LogP contribution in [0.25, 0.3) is 11.1 Å². The highest BCUT2D eigenvalue weighted by molar-refractivity contribution is 5.63. The number of phenolic OH excluding ortho intramolecular Hbond substituents is 1. The van der Waals surface area contributed by atoms with Crippen LogP contribution in [0.1, 0.15) is 5.56 Å². The van der Waals surface area contributed by atoms with E-state index in [0.29, 0.717) is 0 Å². The van der Waals surface area contributed by atoms with Crippen molar-refractivity contribution in [3.63, 3.8) is 0 Å². The Morgan fingerprint density at radius 2 is 1.17 bits per heavy atom. The Kier molecular flexibility index (Phi) is 3.98. The third-order valence-corrected chi connectivity index (χ3v) is 2.69. The van der Waals surface area contributed by atoms with Crippen LogP contribution in [0.3, 0.4) is 0 Å². The zero-order valence-corrected chi connectivity index (χ0v) is 10.4. The number of hydrogen-bond donors (Lipinski definition) is 1. The Morgan fingerprint density at radius 3 is 1.94 bits per heavy atom. The second-order valence-electron chi connectivity index (χ2n) is 4.18. The van der Waals surface area contributed by atoms with Gasteiger partial charge < -0.3 is 5.11 Å². The number of phenols is 1. The molecule has 0 spiro atoms. The second kappa shape index (κ2) is 5.87. The van der Waals surface area contributed by atoms with Crippen molar-refractivity contribution in [3.8, 4) is 16.9 Å². The zero-order chi connectivity index (χ0) is 12.8. The summed E-state index contributed by atoms with van der Waals surface area (Å²) in [6.45, 7) is 2.07. The minimum absolute atomic E-state index is 0.289. The molecule has 1 heteroatoms. The van der Waals surface area contributed by atoms with Crippen molar-refractivity contribution >= 4 is 0 Å². The van der Waals surface area contributed by atoms with Gasteiger partial charge in [0.2, 0.25) is 0 Å². The minimum Gasteiger partial charge on any atom is -0.508 e. The molecule has 0 aliphatic rings. The molecule has 0 fully saturated rings. The Bertz CT molecular complexity index is 569. The van der Waals surface area contributed by atoms with E-state index in [1.54, 1.807) is 12.1 Å². The van der Waals surface area contributed by atoms with Crippen molar-refractivity contribution < 1.29 is 5.11 Å². The fourth-order valence-corrected chi connectivity index (χ4v) is 1.69. The first-order valence-corrected chi connectivity index (χ1v) is 5.95. The van der Waals surface area contributed by atoms with Gasteiger partial charge in [-0.25, -0.2) is 0 Å². The van der Waals surface area contributed by atoms with Gasteiger partial charge in [0.1, 0.15) is 5.75 Å². The molecule has 0 aliphatic heterocycles. The van der Waals surface area contributed by atoms with Crippen LogP contribution < -0.4 is 0 Å². The molecule has 0 bridgehead atoms. The summed E-state index contributed by atoms with van der Waals surface area (Å²) >= 11 is 0. The van der Waals surface area contributed by atoms with E-state index in [4.69, 9.17) is 0 Å². The Morgan fingerprint density at radius 1 is 0.611 bits per heavy atom. The van der Waals surface area contributed by atoms with Crippen LogP contribution >= 0.6 is 0 Å². The highest BCUT2D eigenvalue weighted by atomic mass is 16.3. The molecule has 0 radical (unpaired) electrons. The molecular formula is C17H16O. The quantitative estimate of drug-likeness (QED) is 0.773. The fraction of sp³-hybridized carbons (Fsp3) is 0.0588. The highest BCUT2D eigenvalue weighted by Gasteiger charge is 1.94. The summed E-state index contributed by atoms with van der Waals surface area (Å²) in [4.78, 5) is 0. The predicted octanol–water partition coefficient (Wildman–Crippen LogP) is 4.49. The average molecular weight is 236 g/mol. The van der Waals surface area contributed by atoms with Gasteiger partial charge in [0.05, 0.1) is 0 Å². The fourth-order valence-electron chi connectivity index (χ4n) is 1.69. The van der Waals surface area contributed by atoms with E-state index in [-0.39, 0.29) is 5.75 Å². The molecule has 0 heterocycles. The zero-order valence-electron chi connectivity index (χ0n) is 10.4. The SMILES string of the molecule is Cc1cccccc(-c2ccc(O)cc2)ccc1. The molecule has 90 valence electrons. The molecule has 18 heavy (non-hydrogen) atoms. The van der Waals surface area contributed by atoms with Gasteiger partial charge in [-0.1, -0.05) is 66.2 Å². The smallest absolute Gasteiger partial charge is 0.115 e. The van der Waals surface area contributed by atoms with Gasteiger partial charge in [-0.2, -0.15) is 0 Å². The number of rotatable bonds is 1. The number of hydrogen-bond acceptors (Lipinski definition) is 1. The predicted molar refractivity (Wildman–Crippen MR) is 75.9 cm³/mol. The summed E-state index contributed by atoms with van der Waals surface area (Å²) in [5.74, 6) is 0.289. The lowest BCUT2D eigenvalue weighted by Crippen LogP contribution is -1.74. The van der Waals surface area contributed by atoms with Crippen molar-refractivity contribution in [2.45, 2.75) is 6.92 Å². The first-order chi connectivity index (χ1) is 8.75. The van der Waals surface area contributed by atoms with E-state index in [0.717, 1.165) is 11.1 Å². The lowest BCUT2D eigenvalue weighted by Gasteiger charge is -1.99. The first-order valence-electron chi connectivity index (χ1n) is 5.95. The molecule has 2 rings (SSSR count). The van der Waals surface area contributed by atoms with Gasteiger partial charge in [0, 0.05) is 0 Å². The molecule has 0 unspecified atom stereocenters. The monoisotopic (exact) mass is 236 g/mol. The summed E-state index contributed by atoms with van der Waals surface area (Å²) in [7, 11) is 0. The summed E-state index contributed by atoms with van der Waals surface area (Å²) in [5.41, 5.74) is 3.41.